The van der Waals surface area contributed by atoms with Crippen molar-refractivity contribution in [2.75, 3.05) is 26.4 Å². The van der Waals surface area contributed by atoms with Crippen LogP contribution in [0, 0.1) is 0 Å². The largest absolute Gasteiger partial charge is 0.394 e. The third-order valence-corrected chi connectivity index (χ3v) is 8.21. The molecule has 0 spiro atoms. The molecule has 14 N–H and O–H groups in total. The van der Waals surface area contributed by atoms with E-state index in [2.05, 4.69) is 0 Å². The van der Waals surface area contributed by atoms with E-state index in [0.29, 0.717) is 0 Å². The molecule has 21 nitrogen and oxygen atoms in total. The molecular weight excluding hydrogens is 624 g/mol. The van der Waals surface area contributed by atoms with E-state index in [9.17, 15) is 71.5 Å². The second-order valence-electron chi connectivity index (χ2n) is 11.1. The van der Waals surface area contributed by atoms with Gasteiger partial charge in [-0.15, -0.1) is 0 Å². The van der Waals surface area contributed by atoms with Gasteiger partial charge in [-0.3, -0.25) is 0 Å². The van der Waals surface area contributed by atoms with Gasteiger partial charge in [-0.1, -0.05) is 0 Å². The van der Waals surface area contributed by atoms with Crippen LogP contribution in [0.2, 0.25) is 0 Å². The third kappa shape index (κ3) is 7.44. The normalized spacial score (nSPS) is 52.9. The van der Waals surface area contributed by atoms with Gasteiger partial charge >= 0.3 is 0 Å². The van der Waals surface area contributed by atoms with Crippen molar-refractivity contribution in [3.63, 3.8) is 0 Å². The fourth-order valence-corrected chi connectivity index (χ4v) is 5.53. The van der Waals surface area contributed by atoms with Crippen molar-refractivity contribution >= 4 is 0 Å². The molecule has 0 bridgehead atoms. The molecule has 4 rings (SSSR count). The van der Waals surface area contributed by atoms with Gasteiger partial charge in [-0.25, -0.2) is 0 Å². The van der Waals surface area contributed by atoms with Crippen LogP contribution in [0.5, 0.6) is 0 Å². The molecule has 21 heteroatoms. The minimum atomic E-state index is -2.05. The van der Waals surface area contributed by atoms with Crippen molar-refractivity contribution in [2.45, 2.75) is 123 Å². The first-order chi connectivity index (χ1) is 21.3. The molecule has 0 aromatic heterocycles. The van der Waals surface area contributed by atoms with Crippen LogP contribution in [0.25, 0.3) is 0 Å². The van der Waals surface area contributed by atoms with E-state index in [-0.39, 0.29) is 0 Å². The topological polar surface area (TPSA) is 348 Å². The van der Waals surface area contributed by atoms with Crippen LogP contribution in [0.15, 0.2) is 0 Å². The second-order valence-corrected chi connectivity index (χ2v) is 11.1. The van der Waals surface area contributed by atoms with E-state index in [1.165, 1.54) is 0 Å². The van der Waals surface area contributed by atoms with Gasteiger partial charge in [-0.2, -0.15) is 0 Å². The van der Waals surface area contributed by atoms with Crippen LogP contribution in [0.1, 0.15) is 0 Å². The lowest BCUT2D eigenvalue weighted by Gasteiger charge is -2.49. The molecule has 45 heavy (non-hydrogen) atoms. The summed E-state index contributed by atoms with van der Waals surface area (Å²) in [4.78, 5) is 0. The molecule has 4 heterocycles. The molecule has 20 atom stereocenters. The van der Waals surface area contributed by atoms with Gasteiger partial charge in [0.25, 0.3) is 0 Å². The zero-order valence-corrected chi connectivity index (χ0v) is 23.5. The van der Waals surface area contributed by atoms with Gasteiger partial charge in [-0.05, 0) is 0 Å². The molecule has 0 amide bonds. The highest BCUT2D eigenvalue weighted by molar-refractivity contribution is 4.97. The number of ether oxygens (including phenoxy) is 7. The van der Waals surface area contributed by atoms with Crippen LogP contribution in [0.3, 0.4) is 0 Å². The van der Waals surface area contributed by atoms with E-state index in [0.717, 1.165) is 0 Å². The van der Waals surface area contributed by atoms with E-state index >= 15 is 0 Å². The molecule has 4 aliphatic heterocycles. The summed E-state index contributed by atoms with van der Waals surface area (Å²) in [6.45, 7) is -3.42. The Morgan fingerprint density at radius 1 is 0.333 bits per heavy atom. The number of hydrogen-bond acceptors (Lipinski definition) is 21. The Bertz CT molecular complexity index is 916. The molecule has 0 aliphatic carbocycles. The average Bonchev–Trinajstić information content (AvgIpc) is 3.02. The number of hydrogen-bond donors (Lipinski definition) is 14. The smallest absolute Gasteiger partial charge is 0.187 e. The lowest BCUT2D eigenvalue weighted by Crippen LogP contribution is -2.67. The van der Waals surface area contributed by atoms with Crippen molar-refractivity contribution in [3.05, 3.63) is 0 Å². The molecule has 4 fully saturated rings. The Morgan fingerprint density at radius 3 is 1.02 bits per heavy atom. The van der Waals surface area contributed by atoms with Crippen LogP contribution in [-0.4, -0.2) is 221 Å². The van der Waals surface area contributed by atoms with Crippen molar-refractivity contribution in [1.82, 2.24) is 0 Å². The minimum Gasteiger partial charge on any atom is -0.394 e. The van der Waals surface area contributed by atoms with E-state index in [1.54, 1.807) is 0 Å². The third-order valence-electron chi connectivity index (χ3n) is 8.21. The molecular formula is C24H42O21. The van der Waals surface area contributed by atoms with Gasteiger partial charge < -0.3 is 105 Å². The Balaban J connectivity index is 1.53. The standard InChI is InChI=1S/C24H42O21/c25-1-5-9(29)13(33)14(34)22(40-5)44-19-11(31)7(3-27)42-24(16(19)36)45-20-12(32)8(4-28)41-23(17(20)37)43-18-10(30)6(2-26)39-21(38)15(18)35/h5-38H,1-4H2/t5-,6-,7-,8-,9-,10-,11-,12-,13+,14-,15-,16-,17-,18+,19+,20+,21+,22-,23+,24+/m1/s1. The monoisotopic (exact) mass is 666 g/mol. The molecule has 0 aromatic rings. The molecule has 0 aromatic carbocycles. The molecule has 4 saturated heterocycles. The Kier molecular flexibility index (Phi) is 12.8. The fraction of sp³-hybridized carbons (Fsp3) is 1.00. The van der Waals surface area contributed by atoms with E-state index in [1.807, 2.05) is 0 Å². The van der Waals surface area contributed by atoms with Crippen molar-refractivity contribution in [2.24, 2.45) is 0 Å². The summed E-state index contributed by atoms with van der Waals surface area (Å²) < 4.78 is 37.5. The minimum absolute atomic E-state index is 0.802. The lowest BCUT2D eigenvalue weighted by atomic mass is 9.95. The first-order valence-corrected chi connectivity index (χ1v) is 14.1. The van der Waals surface area contributed by atoms with Crippen molar-refractivity contribution < 1.29 is 105 Å². The summed E-state index contributed by atoms with van der Waals surface area (Å²) in [5, 5.41) is 143. The summed E-state index contributed by atoms with van der Waals surface area (Å²) in [7, 11) is 0. The summed E-state index contributed by atoms with van der Waals surface area (Å²) in [5.74, 6) is 0. The van der Waals surface area contributed by atoms with Crippen LogP contribution in [0.4, 0.5) is 0 Å². The van der Waals surface area contributed by atoms with Gasteiger partial charge in [0, 0.05) is 0 Å². The Morgan fingerprint density at radius 2 is 0.644 bits per heavy atom. The number of aliphatic hydroxyl groups is 14. The maximum atomic E-state index is 11.1. The summed E-state index contributed by atoms with van der Waals surface area (Å²) in [5.41, 5.74) is 0. The first-order valence-electron chi connectivity index (χ1n) is 14.1. The summed E-state index contributed by atoms with van der Waals surface area (Å²) >= 11 is 0. The Hall–Kier alpha value is -0.840. The Labute approximate surface area is 254 Å². The van der Waals surface area contributed by atoms with E-state index < -0.39 is 149 Å². The van der Waals surface area contributed by atoms with Crippen LogP contribution < -0.4 is 0 Å². The highest BCUT2D eigenvalue weighted by Gasteiger charge is 2.55. The molecule has 0 saturated carbocycles. The van der Waals surface area contributed by atoms with Crippen molar-refractivity contribution in [1.29, 1.82) is 0 Å². The SMILES string of the molecule is OC[C@H]1O[C@H](O[C@@H]2[C@@H](O)[C@H](O[C@@H]3[C@@H](O)[C@H](O[C@@H]4[C@@H](O)[C@@H](O)O[C@H](CO)[C@H]4O)O[C@H](CO)[C@H]3O)O[C@H](CO)[C@H]2O)[C@H](O)[C@@H](O)[C@@H]1O. The van der Waals surface area contributed by atoms with Gasteiger partial charge in [0.2, 0.25) is 0 Å². The predicted molar refractivity (Wildman–Crippen MR) is 134 cm³/mol. The maximum Gasteiger partial charge on any atom is 0.187 e. The number of aliphatic hydroxyl groups excluding tert-OH is 14. The first kappa shape index (κ1) is 37.0. The highest BCUT2D eigenvalue weighted by Crippen LogP contribution is 2.34. The molecule has 0 unspecified atom stereocenters. The average molecular weight is 667 g/mol. The maximum absolute atomic E-state index is 11.1. The van der Waals surface area contributed by atoms with Crippen LogP contribution >= 0.6 is 0 Å². The second kappa shape index (κ2) is 15.6. The summed E-state index contributed by atoms with van der Waals surface area (Å²) in [6.07, 6.45) is -36.1. The van der Waals surface area contributed by atoms with Gasteiger partial charge in [0.1, 0.15) is 97.7 Å². The predicted octanol–water partition coefficient (Wildman–Crippen LogP) is -9.75. The quantitative estimate of drug-likeness (QED) is 0.103. The summed E-state index contributed by atoms with van der Waals surface area (Å²) in [6, 6.07) is 0. The molecule has 264 valence electrons. The molecule has 4 aliphatic rings. The fourth-order valence-electron chi connectivity index (χ4n) is 5.53. The lowest BCUT2D eigenvalue weighted by molar-refractivity contribution is -0.389. The van der Waals surface area contributed by atoms with E-state index in [4.69, 9.17) is 33.2 Å². The molecule has 0 radical (unpaired) electrons. The zero-order chi connectivity index (χ0) is 33.3. The van der Waals surface area contributed by atoms with Gasteiger partial charge in [0.15, 0.2) is 25.2 Å². The number of rotatable bonds is 10. The van der Waals surface area contributed by atoms with Gasteiger partial charge in [0.05, 0.1) is 26.4 Å². The van der Waals surface area contributed by atoms with Crippen molar-refractivity contribution in [3.8, 4) is 0 Å². The highest BCUT2D eigenvalue weighted by atomic mass is 16.8. The zero-order valence-electron chi connectivity index (χ0n) is 23.5. The van der Waals surface area contributed by atoms with Crippen LogP contribution in [-0.2, 0) is 33.2 Å².